The lowest BCUT2D eigenvalue weighted by Crippen LogP contribution is -2.33. The number of carbonyl (C=O) groups is 1. The van der Waals surface area contributed by atoms with E-state index in [1.165, 1.54) is 64.2 Å². The fourth-order valence-corrected chi connectivity index (χ4v) is 3.39. The van der Waals surface area contributed by atoms with E-state index in [0.717, 1.165) is 25.9 Å². The van der Waals surface area contributed by atoms with E-state index in [9.17, 15) is 4.79 Å². The minimum absolute atomic E-state index is 0.0780. The van der Waals surface area contributed by atoms with E-state index in [0.29, 0.717) is 11.1 Å². The third-order valence-corrected chi connectivity index (χ3v) is 5.09. The smallest absolute Gasteiger partial charge is 0.253 e. The Labute approximate surface area is 166 Å². The monoisotopic (exact) mass is 370 g/mol. The SMILES string of the molecule is CCCCCCCCN(CCCCCCCC)C(=O)c1cccc(C#N)c1. The van der Waals surface area contributed by atoms with Gasteiger partial charge in [-0.15, -0.1) is 0 Å². The molecule has 1 aromatic rings. The summed E-state index contributed by atoms with van der Waals surface area (Å²) in [5.74, 6) is 0.0780. The van der Waals surface area contributed by atoms with Gasteiger partial charge in [-0.3, -0.25) is 4.79 Å². The minimum atomic E-state index is 0.0780. The van der Waals surface area contributed by atoms with E-state index in [-0.39, 0.29) is 5.91 Å². The fraction of sp³-hybridized carbons (Fsp3) is 0.667. The van der Waals surface area contributed by atoms with Gasteiger partial charge < -0.3 is 4.90 Å². The van der Waals surface area contributed by atoms with Crippen LogP contribution in [0.3, 0.4) is 0 Å². The van der Waals surface area contributed by atoms with E-state index in [1.54, 1.807) is 18.2 Å². The van der Waals surface area contributed by atoms with Crippen LogP contribution < -0.4 is 0 Å². The first-order valence-electron chi connectivity index (χ1n) is 11.0. The second kappa shape index (κ2) is 15.3. The molecular weight excluding hydrogens is 332 g/mol. The molecule has 0 aliphatic rings. The number of carbonyl (C=O) groups excluding carboxylic acids is 1. The first-order valence-corrected chi connectivity index (χ1v) is 11.0. The number of nitriles is 1. The standard InChI is InChI=1S/C24H38N2O/c1-3-5-7-9-11-13-18-26(19-14-12-10-8-6-4-2)24(27)23-17-15-16-22(20-23)21-25/h15-17,20H,3-14,18-19H2,1-2H3. The summed E-state index contributed by atoms with van der Waals surface area (Å²) in [5, 5.41) is 9.10. The van der Waals surface area contributed by atoms with Crippen molar-refractivity contribution in [2.75, 3.05) is 13.1 Å². The zero-order valence-corrected chi connectivity index (χ0v) is 17.5. The molecule has 150 valence electrons. The van der Waals surface area contributed by atoms with Crippen LogP contribution in [0.4, 0.5) is 0 Å². The zero-order chi connectivity index (χ0) is 19.7. The van der Waals surface area contributed by atoms with Gasteiger partial charge in [0.05, 0.1) is 11.6 Å². The van der Waals surface area contributed by atoms with Crippen molar-refractivity contribution in [2.45, 2.75) is 90.9 Å². The number of hydrogen-bond acceptors (Lipinski definition) is 2. The molecule has 3 nitrogen and oxygen atoms in total. The van der Waals surface area contributed by atoms with Crippen molar-refractivity contribution in [2.24, 2.45) is 0 Å². The minimum Gasteiger partial charge on any atom is -0.339 e. The predicted molar refractivity (Wildman–Crippen MR) is 114 cm³/mol. The van der Waals surface area contributed by atoms with Gasteiger partial charge in [0.25, 0.3) is 5.91 Å². The number of rotatable bonds is 15. The average molecular weight is 371 g/mol. The lowest BCUT2D eigenvalue weighted by atomic mass is 10.1. The molecule has 0 aliphatic heterocycles. The van der Waals surface area contributed by atoms with E-state index in [4.69, 9.17) is 5.26 Å². The highest BCUT2D eigenvalue weighted by Crippen LogP contribution is 2.13. The third-order valence-electron chi connectivity index (χ3n) is 5.09. The van der Waals surface area contributed by atoms with E-state index >= 15 is 0 Å². The molecule has 0 saturated carbocycles. The highest BCUT2D eigenvalue weighted by Gasteiger charge is 2.15. The number of unbranched alkanes of at least 4 members (excludes halogenated alkanes) is 10. The highest BCUT2D eigenvalue weighted by atomic mass is 16.2. The van der Waals surface area contributed by atoms with Gasteiger partial charge in [-0.2, -0.15) is 5.26 Å². The highest BCUT2D eigenvalue weighted by molar-refractivity contribution is 5.94. The topological polar surface area (TPSA) is 44.1 Å². The van der Waals surface area contributed by atoms with Gasteiger partial charge >= 0.3 is 0 Å². The lowest BCUT2D eigenvalue weighted by molar-refractivity contribution is 0.0749. The quantitative estimate of drug-likeness (QED) is 0.322. The summed E-state index contributed by atoms with van der Waals surface area (Å²) in [5.41, 5.74) is 1.20. The molecule has 0 unspecified atom stereocenters. The summed E-state index contributed by atoms with van der Waals surface area (Å²) >= 11 is 0. The molecule has 0 fully saturated rings. The molecule has 0 heterocycles. The van der Waals surface area contributed by atoms with Crippen molar-refractivity contribution >= 4 is 5.91 Å². The van der Waals surface area contributed by atoms with E-state index in [1.807, 2.05) is 11.0 Å². The summed E-state index contributed by atoms with van der Waals surface area (Å²) in [6.45, 7) is 6.12. The van der Waals surface area contributed by atoms with Crippen LogP contribution in [0.15, 0.2) is 24.3 Å². The maximum Gasteiger partial charge on any atom is 0.253 e. The Kier molecular flexibility index (Phi) is 13.1. The van der Waals surface area contributed by atoms with Crippen LogP contribution in [0.1, 0.15) is 107 Å². The first kappa shape index (κ1) is 23.2. The predicted octanol–water partition coefficient (Wildman–Crippen LogP) is 6.72. The Morgan fingerprint density at radius 3 is 1.89 bits per heavy atom. The fourth-order valence-electron chi connectivity index (χ4n) is 3.39. The molecular formula is C24H38N2O. The molecule has 0 aromatic heterocycles. The Morgan fingerprint density at radius 2 is 1.37 bits per heavy atom. The Bertz CT molecular complexity index is 546. The van der Waals surface area contributed by atoms with Gasteiger partial charge in [0.15, 0.2) is 0 Å². The lowest BCUT2D eigenvalue weighted by Gasteiger charge is -2.23. The Morgan fingerprint density at radius 1 is 0.852 bits per heavy atom. The second-order valence-electron chi connectivity index (χ2n) is 7.52. The van der Waals surface area contributed by atoms with Crippen molar-refractivity contribution in [3.05, 3.63) is 35.4 Å². The van der Waals surface area contributed by atoms with Crippen molar-refractivity contribution in [1.29, 1.82) is 5.26 Å². The van der Waals surface area contributed by atoms with Crippen LogP contribution in [-0.2, 0) is 0 Å². The normalized spacial score (nSPS) is 10.6. The van der Waals surface area contributed by atoms with Crippen LogP contribution in [0.25, 0.3) is 0 Å². The molecule has 3 heteroatoms. The van der Waals surface area contributed by atoms with Gasteiger partial charge in [-0.05, 0) is 31.0 Å². The molecule has 0 N–H and O–H groups in total. The van der Waals surface area contributed by atoms with Crippen LogP contribution >= 0.6 is 0 Å². The summed E-state index contributed by atoms with van der Waals surface area (Å²) in [4.78, 5) is 15.0. The van der Waals surface area contributed by atoms with Crippen LogP contribution in [0, 0.1) is 11.3 Å². The summed E-state index contributed by atoms with van der Waals surface area (Å²) in [6.07, 6.45) is 14.8. The summed E-state index contributed by atoms with van der Waals surface area (Å²) in [7, 11) is 0. The molecule has 1 rings (SSSR count). The molecule has 1 amide bonds. The molecule has 0 bridgehead atoms. The maximum absolute atomic E-state index is 13.0. The second-order valence-corrected chi connectivity index (χ2v) is 7.52. The molecule has 0 aliphatic carbocycles. The number of hydrogen-bond donors (Lipinski definition) is 0. The van der Waals surface area contributed by atoms with E-state index in [2.05, 4.69) is 19.9 Å². The summed E-state index contributed by atoms with van der Waals surface area (Å²) < 4.78 is 0. The maximum atomic E-state index is 13.0. The van der Waals surface area contributed by atoms with Gasteiger partial charge in [-0.25, -0.2) is 0 Å². The molecule has 0 radical (unpaired) electrons. The van der Waals surface area contributed by atoms with Crippen LogP contribution in [0.2, 0.25) is 0 Å². The molecule has 0 saturated heterocycles. The average Bonchev–Trinajstić information content (AvgIpc) is 2.71. The van der Waals surface area contributed by atoms with E-state index < -0.39 is 0 Å². The number of benzene rings is 1. The molecule has 0 spiro atoms. The zero-order valence-electron chi connectivity index (χ0n) is 17.5. The third kappa shape index (κ3) is 10.2. The number of amides is 1. The molecule has 0 atom stereocenters. The first-order chi connectivity index (χ1) is 13.2. The largest absolute Gasteiger partial charge is 0.339 e. The van der Waals surface area contributed by atoms with Crippen LogP contribution in [0.5, 0.6) is 0 Å². The van der Waals surface area contributed by atoms with Crippen molar-refractivity contribution in [3.63, 3.8) is 0 Å². The summed E-state index contributed by atoms with van der Waals surface area (Å²) in [6, 6.07) is 9.24. The Hall–Kier alpha value is -1.82. The van der Waals surface area contributed by atoms with Crippen molar-refractivity contribution in [1.82, 2.24) is 4.90 Å². The van der Waals surface area contributed by atoms with Crippen LogP contribution in [-0.4, -0.2) is 23.9 Å². The van der Waals surface area contributed by atoms with Gasteiger partial charge in [0.1, 0.15) is 0 Å². The Balaban J connectivity index is 2.54. The number of nitrogens with zero attached hydrogens (tertiary/aromatic N) is 2. The van der Waals surface area contributed by atoms with Gasteiger partial charge in [0, 0.05) is 18.7 Å². The molecule has 1 aromatic carbocycles. The van der Waals surface area contributed by atoms with Gasteiger partial charge in [0.2, 0.25) is 0 Å². The van der Waals surface area contributed by atoms with Crippen molar-refractivity contribution < 1.29 is 4.79 Å². The van der Waals surface area contributed by atoms with Crippen molar-refractivity contribution in [3.8, 4) is 6.07 Å². The molecule has 27 heavy (non-hydrogen) atoms. The van der Waals surface area contributed by atoms with Gasteiger partial charge in [-0.1, -0.05) is 84.1 Å².